The van der Waals surface area contributed by atoms with E-state index in [9.17, 15) is 13.2 Å². The fraction of sp³-hybridized carbons (Fsp3) is 0.476. The molecule has 5 nitrogen and oxygen atoms in total. The average molecular weight is 455 g/mol. The summed E-state index contributed by atoms with van der Waals surface area (Å²) in [5, 5.41) is 0. The van der Waals surface area contributed by atoms with Crippen LogP contribution in [0, 0.1) is 26.7 Å². The Morgan fingerprint density at radius 2 is 1.76 bits per heavy atom. The summed E-state index contributed by atoms with van der Waals surface area (Å²) >= 11 is 7.43. The second kappa shape index (κ2) is 8.76. The minimum atomic E-state index is -3.56. The van der Waals surface area contributed by atoms with E-state index in [2.05, 4.69) is 0 Å². The first kappa shape index (κ1) is 22.3. The maximum atomic E-state index is 13.2. The number of hydrogen-bond donors (Lipinski definition) is 0. The number of amides is 1. The van der Waals surface area contributed by atoms with Gasteiger partial charge in [0.1, 0.15) is 0 Å². The van der Waals surface area contributed by atoms with Crippen molar-refractivity contribution < 1.29 is 13.2 Å². The fourth-order valence-corrected chi connectivity index (χ4v) is 7.13. The van der Waals surface area contributed by atoms with E-state index >= 15 is 0 Å². The van der Waals surface area contributed by atoms with Crippen LogP contribution in [-0.4, -0.2) is 43.7 Å². The second-order valence-corrected chi connectivity index (χ2v) is 11.5. The molecule has 0 aliphatic carbocycles. The van der Waals surface area contributed by atoms with Gasteiger partial charge in [0, 0.05) is 30.9 Å². The Labute approximate surface area is 182 Å². The molecule has 1 aromatic carbocycles. The van der Waals surface area contributed by atoms with Gasteiger partial charge in [-0.3, -0.25) is 4.79 Å². The number of rotatable bonds is 5. The lowest BCUT2D eigenvalue weighted by Crippen LogP contribution is -2.43. The number of nitrogens with zero attached hydrogens (tertiary/aromatic N) is 2. The Kier molecular flexibility index (Phi) is 6.73. The van der Waals surface area contributed by atoms with Crippen molar-refractivity contribution in [2.24, 2.45) is 5.92 Å². The van der Waals surface area contributed by atoms with Crippen LogP contribution in [0.4, 0.5) is 0 Å². The molecular formula is C21H27ClN2O3S2. The molecule has 1 saturated heterocycles. The lowest BCUT2D eigenvalue weighted by molar-refractivity contribution is -0.135. The van der Waals surface area contributed by atoms with Crippen LogP contribution in [-0.2, 0) is 21.4 Å². The average Bonchev–Trinajstić information content (AvgIpc) is 3.04. The van der Waals surface area contributed by atoms with Crippen LogP contribution in [0.3, 0.4) is 0 Å². The molecule has 2 heterocycles. The van der Waals surface area contributed by atoms with Crippen LogP contribution in [0.15, 0.2) is 29.2 Å². The topological polar surface area (TPSA) is 57.7 Å². The van der Waals surface area contributed by atoms with Crippen molar-refractivity contribution >= 4 is 38.9 Å². The first-order chi connectivity index (χ1) is 13.6. The molecule has 1 aliphatic heterocycles. The van der Waals surface area contributed by atoms with Gasteiger partial charge in [-0.25, -0.2) is 8.42 Å². The molecule has 1 aromatic heterocycles. The zero-order valence-corrected chi connectivity index (χ0v) is 19.6. The molecule has 0 unspecified atom stereocenters. The highest BCUT2D eigenvalue weighted by Crippen LogP contribution is 2.30. The van der Waals surface area contributed by atoms with Crippen molar-refractivity contribution in [3.63, 3.8) is 0 Å². The predicted molar refractivity (Wildman–Crippen MR) is 118 cm³/mol. The van der Waals surface area contributed by atoms with Crippen molar-refractivity contribution in [2.45, 2.75) is 45.1 Å². The van der Waals surface area contributed by atoms with Gasteiger partial charge in [-0.2, -0.15) is 4.31 Å². The molecule has 0 atom stereocenters. The molecule has 0 bridgehead atoms. The van der Waals surface area contributed by atoms with Crippen LogP contribution in [0.5, 0.6) is 0 Å². The van der Waals surface area contributed by atoms with Gasteiger partial charge in [-0.1, -0.05) is 29.3 Å². The Bertz CT molecular complexity index is 986. The number of sulfonamides is 1. The molecule has 1 fully saturated rings. The van der Waals surface area contributed by atoms with Crippen LogP contribution >= 0.6 is 22.9 Å². The van der Waals surface area contributed by atoms with E-state index in [0.29, 0.717) is 41.7 Å². The second-order valence-electron chi connectivity index (χ2n) is 7.81. The summed E-state index contributed by atoms with van der Waals surface area (Å²) in [6, 6.07) is 7.57. The van der Waals surface area contributed by atoms with E-state index in [1.54, 1.807) is 11.9 Å². The largest absolute Gasteiger partial charge is 0.340 e. The maximum absolute atomic E-state index is 13.2. The van der Waals surface area contributed by atoms with E-state index in [-0.39, 0.29) is 11.8 Å². The van der Waals surface area contributed by atoms with Gasteiger partial charge >= 0.3 is 0 Å². The first-order valence-corrected chi connectivity index (χ1v) is 12.3. The fourth-order valence-electron chi connectivity index (χ4n) is 4.11. The maximum Gasteiger partial charge on any atom is 0.243 e. The molecule has 1 aliphatic rings. The Morgan fingerprint density at radius 3 is 2.28 bits per heavy atom. The monoisotopic (exact) mass is 454 g/mol. The van der Waals surface area contributed by atoms with Gasteiger partial charge in [0.2, 0.25) is 15.9 Å². The van der Waals surface area contributed by atoms with Gasteiger partial charge < -0.3 is 4.90 Å². The summed E-state index contributed by atoms with van der Waals surface area (Å²) < 4.78 is 28.7. The van der Waals surface area contributed by atoms with Gasteiger partial charge in [0.15, 0.2) is 0 Å². The van der Waals surface area contributed by atoms with Crippen LogP contribution in [0.25, 0.3) is 0 Å². The predicted octanol–water partition coefficient (Wildman–Crippen LogP) is 4.39. The van der Waals surface area contributed by atoms with Crippen LogP contribution in [0.1, 0.15) is 34.4 Å². The van der Waals surface area contributed by atoms with Crippen molar-refractivity contribution in [2.75, 3.05) is 20.1 Å². The van der Waals surface area contributed by atoms with E-state index in [0.717, 1.165) is 21.6 Å². The summed E-state index contributed by atoms with van der Waals surface area (Å²) in [7, 11) is -1.77. The highest BCUT2D eigenvalue weighted by atomic mass is 35.5. The summed E-state index contributed by atoms with van der Waals surface area (Å²) in [5.41, 5.74) is 2.60. The molecule has 1 amide bonds. The third-order valence-corrected chi connectivity index (χ3v) is 8.82. The van der Waals surface area contributed by atoms with Gasteiger partial charge in [0.25, 0.3) is 0 Å². The summed E-state index contributed by atoms with van der Waals surface area (Å²) in [6.07, 6.45) is 1.08. The number of hydrogen-bond acceptors (Lipinski definition) is 4. The lowest BCUT2D eigenvalue weighted by Gasteiger charge is -2.33. The molecule has 8 heteroatoms. The van der Waals surface area contributed by atoms with Crippen molar-refractivity contribution in [1.82, 2.24) is 9.21 Å². The minimum Gasteiger partial charge on any atom is -0.340 e. The Morgan fingerprint density at radius 1 is 1.17 bits per heavy atom. The van der Waals surface area contributed by atoms with Crippen molar-refractivity contribution in [3.05, 3.63) is 50.2 Å². The van der Waals surface area contributed by atoms with E-state index in [4.69, 9.17) is 11.6 Å². The van der Waals surface area contributed by atoms with Crippen LogP contribution < -0.4 is 0 Å². The van der Waals surface area contributed by atoms with E-state index in [1.165, 1.54) is 15.6 Å². The highest BCUT2D eigenvalue weighted by Gasteiger charge is 2.34. The number of carbonyl (C=O) groups excluding carboxylic acids is 1. The molecule has 0 radical (unpaired) electrons. The standard InChI is InChI=1S/C21H27ClN2O3S2/c1-14-11-15(2)20(16(3)12-14)29(26,27)24-9-7-17(8-10-24)21(25)23(4)13-18-5-6-19(22)28-18/h5-6,11-12,17H,7-10,13H2,1-4H3. The number of benzene rings is 1. The molecule has 3 rings (SSSR count). The van der Waals surface area contributed by atoms with Crippen molar-refractivity contribution in [3.8, 4) is 0 Å². The smallest absolute Gasteiger partial charge is 0.243 e. The number of aryl methyl sites for hydroxylation is 3. The number of carbonyl (C=O) groups is 1. The first-order valence-electron chi connectivity index (χ1n) is 9.66. The number of halogens is 1. The number of piperidine rings is 1. The third kappa shape index (κ3) is 4.85. The van der Waals surface area contributed by atoms with E-state index in [1.807, 2.05) is 45.0 Å². The highest BCUT2D eigenvalue weighted by molar-refractivity contribution is 7.89. The lowest BCUT2D eigenvalue weighted by atomic mass is 9.96. The number of thiophene rings is 1. The Hall–Kier alpha value is -1.41. The van der Waals surface area contributed by atoms with Gasteiger partial charge in [0.05, 0.1) is 15.8 Å². The van der Waals surface area contributed by atoms with E-state index < -0.39 is 10.0 Å². The van der Waals surface area contributed by atoms with Gasteiger partial charge in [-0.05, 0) is 56.9 Å². The summed E-state index contributed by atoms with van der Waals surface area (Å²) in [6.45, 7) is 6.91. The normalized spacial score (nSPS) is 16.2. The SMILES string of the molecule is Cc1cc(C)c(S(=O)(=O)N2CCC(C(=O)N(C)Cc3ccc(Cl)s3)CC2)c(C)c1. The summed E-state index contributed by atoms with van der Waals surface area (Å²) in [5.74, 6) is -0.0867. The zero-order chi connectivity index (χ0) is 21.3. The van der Waals surface area contributed by atoms with Crippen molar-refractivity contribution in [1.29, 1.82) is 0 Å². The molecule has 158 valence electrons. The molecule has 0 N–H and O–H groups in total. The molecule has 0 saturated carbocycles. The quantitative estimate of drug-likeness (QED) is 0.673. The minimum absolute atomic E-state index is 0.0641. The molecule has 29 heavy (non-hydrogen) atoms. The Balaban J connectivity index is 1.66. The third-order valence-electron chi connectivity index (χ3n) is 5.40. The molecular weight excluding hydrogens is 428 g/mol. The van der Waals surface area contributed by atoms with Crippen LogP contribution in [0.2, 0.25) is 4.34 Å². The van der Waals surface area contributed by atoms with Gasteiger partial charge in [-0.15, -0.1) is 11.3 Å². The zero-order valence-electron chi connectivity index (χ0n) is 17.2. The molecule has 0 spiro atoms. The summed E-state index contributed by atoms with van der Waals surface area (Å²) in [4.78, 5) is 16.0. The molecule has 2 aromatic rings.